The predicted octanol–water partition coefficient (Wildman–Crippen LogP) is 21.6. The average Bonchev–Trinajstić information content (AvgIpc) is 0.890. The number of aromatic nitrogens is 16. The van der Waals surface area contributed by atoms with E-state index < -0.39 is 93.1 Å². The van der Waals surface area contributed by atoms with E-state index in [2.05, 4.69) is 232 Å². The first-order valence-corrected chi connectivity index (χ1v) is 36.4. The van der Waals surface area contributed by atoms with Gasteiger partial charge in [-0.3, -0.25) is 40.6 Å². The standard InChI is InChI=1S/C38H32N6.C28H18F8N4O2.C24H20N6/c1-23-13-31(14-24(2)43-23)37-17-36(30-11-7-28(8-12-30)34-21-41-42-22-34)38(32-15-25(3)44-26(4)16-32)18-35(37)29-9-5-27(6-10-29)33-19-39-40-20-33;1-41-9-11-3-16(20-27(35)23(31)18(24(32)28(20)36)14-7-39-40-8-14)12(10-42-2)4-15(11)19-25(33)21(29)17(22(30)26(19)34)13-5-37-38-6-13;1-15-23(19-7-3-17(4-8-19)21-11-25-26-12-21)30-16(2)24(29-15)20-9-5-18(6-10-20)22-13-27-28-14-22/h5-22H,1-4H3,(H,39,40)(H,41,42);3-8H,9-10H2,1-2H3,(H,37,38)(H,39,40);3-14H,1-2H3,(H,25,26)(H,27,28). The number of ether oxygens (including phenoxy) is 2. The van der Waals surface area contributed by atoms with Gasteiger partial charge in [0.15, 0.2) is 46.5 Å². The topological polar surface area (TPSA) is 242 Å². The summed E-state index contributed by atoms with van der Waals surface area (Å²) < 4.78 is 132. The van der Waals surface area contributed by atoms with Crippen LogP contribution >= 0.6 is 0 Å². The third-order valence-electron chi connectivity index (χ3n) is 19.8. The molecular weight excluding hydrogens is 1490 g/mol. The molecule has 0 amide bonds. The Balaban J connectivity index is 0.000000139. The number of aromatic amines is 6. The molecule has 0 spiro atoms. The normalized spacial score (nSPS) is 11.2. The second kappa shape index (κ2) is 33.2. The Morgan fingerprint density at radius 1 is 0.241 bits per heavy atom. The van der Waals surface area contributed by atoms with E-state index in [1.165, 1.54) is 14.2 Å². The molecule has 18 nitrogen and oxygen atoms in total. The molecule has 6 N–H and O–H groups in total. The maximum absolute atomic E-state index is 15.4. The van der Waals surface area contributed by atoms with E-state index in [1.54, 1.807) is 0 Å². The number of nitrogens with zero attached hydrogens (tertiary/aromatic N) is 10. The molecule has 0 aliphatic heterocycles. The van der Waals surface area contributed by atoms with Crippen molar-refractivity contribution < 1.29 is 44.6 Å². The smallest absolute Gasteiger partial charge is 0.170 e. The van der Waals surface area contributed by atoms with Crippen LogP contribution in [0.4, 0.5) is 35.1 Å². The van der Waals surface area contributed by atoms with Crippen molar-refractivity contribution in [2.24, 2.45) is 0 Å². The van der Waals surface area contributed by atoms with E-state index in [0.29, 0.717) is 0 Å². The number of hydrogen-bond acceptors (Lipinski definition) is 12. The molecule has 116 heavy (non-hydrogen) atoms. The van der Waals surface area contributed by atoms with E-state index in [-0.39, 0.29) is 22.3 Å². The van der Waals surface area contributed by atoms with Gasteiger partial charge in [0.25, 0.3) is 0 Å². The number of methoxy groups -OCH3 is 2. The molecule has 8 aromatic carbocycles. The van der Waals surface area contributed by atoms with Crippen LogP contribution in [0.25, 0.3) is 156 Å². The highest BCUT2D eigenvalue weighted by Gasteiger charge is 2.33. The maximum Gasteiger partial charge on any atom is 0.170 e. The first-order valence-electron chi connectivity index (χ1n) is 36.4. The number of H-pyrrole nitrogens is 6. The molecule has 0 bridgehead atoms. The Hall–Kier alpha value is -14.2. The Kier molecular flexibility index (Phi) is 22.1. The summed E-state index contributed by atoms with van der Waals surface area (Å²) in [5.41, 5.74) is 21.4. The lowest BCUT2D eigenvalue weighted by molar-refractivity contribution is 0.183. The number of aryl methyl sites for hydroxylation is 6. The Labute approximate surface area is 659 Å². The fraction of sp³-hybridized carbons (Fsp3) is 0.111. The number of pyridine rings is 2. The molecule has 0 aliphatic carbocycles. The van der Waals surface area contributed by atoms with Crippen molar-refractivity contribution in [3.8, 4) is 156 Å². The molecule has 0 saturated heterocycles. The van der Waals surface area contributed by atoms with Gasteiger partial charge in [0.2, 0.25) is 0 Å². The number of hydrogen-bond donors (Lipinski definition) is 6. The molecule has 9 heterocycles. The van der Waals surface area contributed by atoms with E-state index in [0.717, 1.165) is 183 Å². The van der Waals surface area contributed by atoms with Crippen LogP contribution in [0.5, 0.6) is 0 Å². The van der Waals surface area contributed by atoms with Gasteiger partial charge in [-0.25, -0.2) is 45.1 Å². The van der Waals surface area contributed by atoms with E-state index in [9.17, 15) is 0 Å². The van der Waals surface area contributed by atoms with Crippen molar-refractivity contribution in [2.75, 3.05) is 14.2 Å². The molecular formula is C90H70F8N16O2. The molecule has 578 valence electrons. The van der Waals surface area contributed by atoms with Gasteiger partial charge in [0, 0.05) is 119 Å². The maximum atomic E-state index is 15.4. The van der Waals surface area contributed by atoms with Crippen molar-refractivity contribution in [1.29, 1.82) is 0 Å². The number of rotatable bonds is 18. The zero-order valence-electron chi connectivity index (χ0n) is 63.5. The summed E-state index contributed by atoms with van der Waals surface area (Å²) in [6.07, 6.45) is 18.9. The monoisotopic (exact) mass is 1560 g/mol. The first-order chi connectivity index (χ1) is 56.2. The minimum absolute atomic E-state index is 0.224. The van der Waals surface area contributed by atoms with Crippen molar-refractivity contribution in [2.45, 2.75) is 54.8 Å². The summed E-state index contributed by atoms with van der Waals surface area (Å²) in [5.74, 6) is -14.1. The average molecular weight is 1560 g/mol. The summed E-state index contributed by atoms with van der Waals surface area (Å²) in [7, 11) is 2.34. The van der Waals surface area contributed by atoms with E-state index in [1.807, 2.05) is 63.4 Å². The minimum atomic E-state index is -1.78. The van der Waals surface area contributed by atoms with Gasteiger partial charge < -0.3 is 9.47 Å². The Morgan fingerprint density at radius 2 is 0.474 bits per heavy atom. The number of benzene rings is 8. The van der Waals surface area contributed by atoms with Gasteiger partial charge >= 0.3 is 0 Å². The van der Waals surface area contributed by atoms with Crippen molar-refractivity contribution >= 4 is 0 Å². The quantitative estimate of drug-likeness (QED) is 0.0347. The van der Waals surface area contributed by atoms with Crippen LogP contribution in [-0.4, -0.2) is 95.3 Å². The Bertz CT molecular complexity index is 5880. The highest BCUT2D eigenvalue weighted by Crippen LogP contribution is 2.47. The summed E-state index contributed by atoms with van der Waals surface area (Å²) >= 11 is 0. The summed E-state index contributed by atoms with van der Waals surface area (Å²) in [5, 5.41) is 39.4. The SMILES string of the molecule is COCc1cc(-c2c(F)c(F)c(-c3cn[nH]c3)c(F)c2F)c(COC)cc1-c1c(F)c(F)c(-c2cn[nH]c2)c(F)c1F.Cc1cc(-c2cc(-c3ccc(-c4cn[nH]c4)cc3)c(-c3cc(C)nc(C)c3)cc2-c2ccc(-c3cn[nH]c3)cc2)cc(C)n1.Cc1nc(-c2ccc(-c3cn[nH]c3)cc2)c(C)nc1-c1ccc(-c2cn[nH]c2)cc1. The second-order valence-corrected chi connectivity index (χ2v) is 27.6. The Morgan fingerprint density at radius 3 is 0.724 bits per heavy atom. The van der Waals surface area contributed by atoms with Crippen LogP contribution in [0.2, 0.25) is 0 Å². The van der Waals surface area contributed by atoms with Gasteiger partial charge in [-0.05, 0) is 179 Å². The summed E-state index contributed by atoms with van der Waals surface area (Å²) in [6, 6.07) is 49.4. The fourth-order valence-electron chi connectivity index (χ4n) is 14.4. The molecule has 0 saturated carbocycles. The molecule has 0 unspecified atom stereocenters. The number of nitrogens with one attached hydrogen (secondary N) is 6. The van der Waals surface area contributed by atoms with Gasteiger partial charge in [-0.2, -0.15) is 30.6 Å². The minimum Gasteiger partial charge on any atom is -0.380 e. The highest BCUT2D eigenvalue weighted by atomic mass is 19.2. The zero-order chi connectivity index (χ0) is 81.0. The van der Waals surface area contributed by atoms with Gasteiger partial charge in [-0.15, -0.1) is 0 Å². The van der Waals surface area contributed by atoms with Gasteiger partial charge in [0.05, 0.1) is 95.4 Å². The predicted molar refractivity (Wildman–Crippen MR) is 429 cm³/mol. The van der Waals surface area contributed by atoms with Gasteiger partial charge in [-0.1, -0.05) is 97.1 Å². The molecule has 0 aliphatic rings. The molecule has 17 rings (SSSR count). The molecule has 0 atom stereocenters. The first kappa shape index (κ1) is 77.1. The van der Waals surface area contributed by atoms with E-state index in [4.69, 9.17) is 19.4 Å². The molecule has 9 aromatic heterocycles. The van der Waals surface area contributed by atoms with Crippen LogP contribution in [0.3, 0.4) is 0 Å². The lowest BCUT2D eigenvalue weighted by Crippen LogP contribution is -2.08. The summed E-state index contributed by atoms with van der Waals surface area (Å²) in [4.78, 5) is 19.1. The largest absolute Gasteiger partial charge is 0.380 e. The van der Waals surface area contributed by atoms with Crippen LogP contribution in [-0.2, 0) is 22.7 Å². The second-order valence-electron chi connectivity index (χ2n) is 27.6. The number of halogens is 8. The van der Waals surface area contributed by atoms with Crippen LogP contribution in [0.15, 0.2) is 220 Å². The van der Waals surface area contributed by atoms with Crippen molar-refractivity contribution in [3.05, 3.63) is 312 Å². The molecule has 0 radical (unpaired) electrons. The fourth-order valence-corrected chi connectivity index (χ4v) is 14.4. The molecule has 17 aromatic rings. The lowest BCUT2D eigenvalue weighted by Gasteiger charge is -2.20. The highest BCUT2D eigenvalue weighted by molar-refractivity contribution is 5.96. The van der Waals surface area contributed by atoms with Crippen LogP contribution < -0.4 is 0 Å². The lowest BCUT2D eigenvalue weighted by atomic mass is 9.85. The third kappa shape index (κ3) is 15.6. The zero-order valence-corrected chi connectivity index (χ0v) is 63.5. The molecule has 0 fully saturated rings. The summed E-state index contributed by atoms with van der Waals surface area (Å²) in [6.45, 7) is 11.3. The van der Waals surface area contributed by atoms with Crippen molar-refractivity contribution in [3.63, 3.8) is 0 Å². The molecule has 26 heteroatoms. The van der Waals surface area contributed by atoms with Crippen molar-refractivity contribution in [1.82, 2.24) is 81.1 Å². The van der Waals surface area contributed by atoms with Gasteiger partial charge in [0.1, 0.15) is 0 Å². The van der Waals surface area contributed by atoms with Crippen LogP contribution in [0.1, 0.15) is 45.3 Å². The van der Waals surface area contributed by atoms with E-state index >= 15 is 35.1 Å². The van der Waals surface area contributed by atoms with Crippen LogP contribution in [0, 0.1) is 88.1 Å². The third-order valence-corrected chi connectivity index (χ3v) is 19.8.